The van der Waals surface area contributed by atoms with E-state index in [4.69, 9.17) is 4.74 Å². The summed E-state index contributed by atoms with van der Waals surface area (Å²) in [6.07, 6.45) is 1.56. The predicted molar refractivity (Wildman–Crippen MR) is 99.4 cm³/mol. The molecule has 0 atom stereocenters. The van der Waals surface area contributed by atoms with Crippen molar-refractivity contribution in [3.05, 3.63) is 71.4 Å². The normalized spacial score (nSPS) is 10.2. The Morgan fingerprint density at radius 3 is 2.81 bits per heavy atom. The Morgan fingerprint density at radius 1 is 1.15 bits per heavy atom. The zero-order valence-electron chi connectivity index (χ0n) is 14.6. The molecule has 3 rings (SSSR count). The van der Waals surface area contributed by atoms with Crippen LogP contribution in [0.5, 0.6) is 0 Å². The topological polar surface area (TPSA) is 89.0 Å². The van der Waals surface area contributed by atoms with Crippen LogP contribution < -0.4 is 10.6 Å². The summed E-state index contributed by atoms with van der Waals surface area (Å²) in [6.45, 7) is 2.69. The van der Waals surface area contributed by atoms with Gasteiger partial charge in [-0.25, -0.2) is 4.79 Å². The Bertz CT molecular complexity index is 914. The number of benzene rings is 2. The molecule has 3 aromatic rings. The van der Waals surface area contributed by atoms with Gasteiger partial charge in [0.15, 0.2) is 5.82 Å². The summed E-state index contributed by atoms with van der Waals surface area (Å²) >= 11 is 0. The monoisotopic (exact) mass is 349 g/mol. The number of carbonyl (C=O) groups excluding carboxylic acids is 1. The molecule has 0 bridgehead atoms. The molecule has 0 aliphatic rings. The second kappa shape index (κ2) is 8.06. The Hall–Kier alpha value is -3.48. The van der Waals surface area contributed by atoms with Crippen molar-refractivity contribution in [2.75, 3.05) is 17.7 Å². The molecule has 0 radical (unpaired) electrons. The van der Waals surface area contributed by atoms with E-state index in [1.54, 1.807) is 24.4 Å². The number of rotatable bonds is 6. The van der Waals surface area contributed by atoms with Crippen molar-refractivity contribution in [3.8, 4) is 0 Å². The molecule has 0 saturated heterocycles. The first kappa shape index (κ1) is 17.3. The lowest BCUT2D eigenvalue weighted by Crippen LogP contribution is -2.06. The van der Waals surface area contributed by atoms with Gasteiger partial charge in [0.05, 0.1) is 18.9 Å². The standard InChI is InChI=1S/C19H19N5O2/c1-13-5-3-6-14(9-13)11-20-17-12-21-24-19(23-17)22-16-8-4-7-15(10-16)18(25)26-2/h3-10,12H,11H2,1-2H3,(H2,20,22,23,24). The summed E-state index contributed by atoms with van der Waals surface area (Å²) in [5, 5.41) is 14.2. The van der Waals surface area contributed by atoms with Gasteiger partial charge in [0.2, 0.25) is 5.95 Å². The van der Waals surface area contributed by atoms with E-state index in [1.807, 2.05) is 18.2 Å². The fourth-order valence-electron chi connectivity index (χ4n) is 2.43. The summed E-state index contributed by atoms with van der Waals surface area (Å²) in [5.41, 5.74) is 3.48. The zero-order valence-corrected chi connectivity index (χ0v) is 14.6. The fraction of sp³-hybridized carbons (Fsp3) is 0.158. The third-order valence-corrected chi connectivity index (χ3v) is 3.65. The average molecular weight is 349 g/mol. The first-order valence-electron chi connectivity index (χ1n) is 8.08. The molecule has 0 saturated carbocycles. The number of aryl methyl sites for hydroxylation is 1. The maximum absolute atomic E-state index is 11.6. The van der Waals surface area contributed by atoms with Crippen LogP contribution in [0.2, 0.25) is 0 Å². The molecule has 0 unspecified atom stereocenters. The Kier molecular flexibility index (Phi) is 5.38. The number of hydrogen-bond acceptors (Lipinski definition) is 7. The highest BCUT2D eigenvalue weighted by Gasteiger charge is 2.07. The lowest BCUT2D eigenvalue weighted by Gasteiger charge is -2.09. The van der Waals surface area contributed by atoms with Crippen LogP contribution in [-0.2, 0) is 11.3 Å². The minimum atomic E-state index is -0.402. The Balaban J connectivity index is 1.68. The molecule has 0 fully saturated rings. The molecule has 7 heteroatoms. The van der Waals surface area contributed by atoms with Crippen LogP contribution in [0.25, 0.3) is 0 Å². The van der Waals surface area contributed by atoms with Gasteiger partial charge in [0.25, 0.3) is 0 Å². The van der Waals surface area contributed by atoms with Crippen LogP contribution in [0.4, 0.5) is 17.5 Å². The third kappa shape index (κ3) is 4.54. The molecule has 2 aromatic carbocycles. The van der Waals surface area contributed by atoms with E-state index in [2.05, 4.69) is 44.9 Å². The lowest BCUT2D eigenvalue weighted by molar-refractivity contribution is 0.0601. The van der Waals surface area contributed by atoms with E-state index >= 15 is 0 Å². The van der Waals surface area contributed by atoms with Crippen LogP contribution in [0.15, 0.2) is 54.7 Å². The molecular weight excluding hydrogens is 330 g/mol. The van der Waals surface area contributed by atoms with Gasteiger partial charge in [0, 0.05) is 12.2 Å². The predicted octanol–water partition coefficient (Wildman–Crippen LogP) is 3.32. The first-order chi connectivity index (χ1) is 12.6. The minimum absolute atomic E-state index is 0.334. The zero-order chi connectivity index (χ0) is 18.4. The molecule has 0 spiro atoms. The summed E-state index contributed by atoms with van der Waals surface area (Å²) in [5.74, 6) is 0.538. The number of methoxy groups -OCH3 is 1. The van der Waals surface area contributed by atoms with Crippen molar-refractivity contribution in [2.24, 2.45) is 0 Å². The second-order valence-electron chi connectivity index (χ2n) is 5.71. The highest BCUT2D eigenvalue weighted by molar-refractivity contribution is 5.90. The van der Waals surface area contributed by atoms with E-state index < -0.39 is 5.97 Å². The molecule has 1 aromatic heterocycles. The summed E-state index contributed by atoms with van der Waals surface area (Å²) in [7, 11) is 1.35. The van der Waals surface area contributed by atoms with Crippen LogP contribution in [-0.4, -0.2) is 28.3 Å². The second-order valence-corrected chi connectivity index (χ2v) is 5.71. The maximum Gasteiger partial charge on any atom is 0.337 e. The number of esters is 1. The van der Waals surface area contributed by atoms with Gasteiger partial charge >= 0.3 is 5.97 Å². The minimum Gasteiger partial charge on any atom is -0.465 e. The smallest absolute Gasteiger partial charge is 0.337 e. The van der Waals surface area contributed by atoms with Crippen LogP contribution >= 0.6 is 0 Å². The van der Waals surface area contributed by atoms with Gasteiger partial charge in [-0.2, -0.15) is 10.1 Å². The van der Waals surface area contributed by atoms with Gasteiger partial charge in [-0.3, -0.25) is 0 Å². The number of aromatic nitrogens is 3. The largest absolute Gasteiger partial charge is 0.465 e. The molecule has 1 heterocycles. The van der Waals surface area contributed by atoms with E-state index in [1.165, 1.54) is 12.7 Å². The lowest BCUT2D eigenvalue weighted by atomic mass is 10.1. The van der Waals surface area contributed by atoms with Crippen molar-refractivity contribution in [1.29, 1.82) is 0 Å². The van der Waals surface area contributed by atoms with E-state index in [0.29, 0.717) is 29.6 Å². The number of ether oxygens (including phenoxy) is 1. The number of anilines is 3. The Morgan fingerprint density at radius 2 is 2.00 bits per heavy atom. The van der Waals surface area contributed by atoms with Crippen molar-refractivity contribution < 1.29 is 9.53 Å². The average Bonchev–Trinajstić information content (AvgIpc) is 2.66. The summed E-state index contributed by atoms with van der Waals surface area (Å²) in [6, 6.07) is 15.1. The molecule has 132 valence electrons. The van der Waals surface area contributed by atoms with Crippen molar-refractivity contribution in [3.63, 3.8) is 0 Å². The molecule has 26 heavy (non-hydrogen) atoms. The highest BCUT2D eigenvalue weighted by Crippen LogP contribution is 2.16. The number of carbonyl (C=O) groups is 1. The van der Waals surface area contributed by atoms with Gasteiger partial charge in [-0.05, 0) is 30.7 Å². The van der Waals surface area contributed by atoms with Crippen LogP contribution in [0.3, 0.4) is 0 Å². The van der Waals surface area contributed by atoms with Crippen molar-refractivity contribution in [2.45, 2.75) is 13.5 Å². The van der Waals surface area contributed by atoms with E-state index in [-0.39, 0.29) is 0 Å². The van der Waals surface area contributed by atoms with Gasteiger partial charge in [-0.1, -0.05) is 35.9 Å². The van der Waals surface area contributed by atoms with Crippen molar-refractivity contribution in [1.82, 2.24) is 15.2 Å². The molecule has 0 amide bonds. The fourth-order valence-corrected chi connectivity index (χ4v) is 2.43. The van der Waals surface area contributed by atoms with Gasteiger partial charge in [0.1, 0.15) is 0 Å². The van der Waals surface area contributed by atoms with E-state index in [0.717, 1.165) is 5.56 Å². The molecule has 7 nitrogen and oxygen atoms in total. The Labute approximate surface area is 151 Å². The number of hydrogen-bond donors (Lipinski definition) is 2. The van der Waals surface area contributed by atoms with Crippen molar-refractivity contribution >= 4 is 23.4 Å². The molecule has 2 N–H and O–H groups in total. The quantitative estimate of drug-likeness (QED) is 0.660. The maximum atomic E-state index is 11.6. The molecule has 0 aliphatic heterocycles. The number of nitrogens with zero attached hydrogens (tertiary/aromatic N) is 3. The van der Waals surface area contributed by atoms with Gasteiger partial charge < -0.3 is 15.4 Å². The summed E-state index contributed by atoms with van der Waals surface area (Å²) < 4.78 is 4.72. The summed E-state index contributed by atoms with van der Waals surface area (Å²) in [4.78, 5) is 16.0. The highest BCUT2D eigenvalue weighted by atomic mass is 16.5. The molecule has 0 aliphatic carbocycles. The first-order valence-corrected chi connectivity index (χ1v) is 8.08. The van der Waals surface area contributed by atoms with E-state index in [9.17, 15) is 4.79 Å². The molecular formula is C19H19N5O2. The number of nitrogens with one attached hydrogen (secondary N) is 2. The SMILES string of the molecule is COC(=O)c1cccc(Nc2nncc(NCc3cccc(C)c3)n2)c1. The van der Waals surface area contributed by atoms with Crippen LogP contribution in [0, 0.1) is 6.92 Å². The third-order valence-electron chi connectivity index (χ3n) is 3.65. The van der Waals surface area contributed by atoms with Gasteiger partial charge in [-0.15, -0.1) is 5.10 Å². The van der Waals surface area contributed by atoms with Crippen LogP contribution in [0.1, 0.15) is 21.5 Å².